The quantitative estimate of drug-likeness (QED) is 0.491. The highest BCUT2D eigenvalue weighted by Crippen LogP contribution is 2.07. The molecule has 23 heavy (non-hydrogen) atoms. The summed E-state index contributed by atoms with van der Waals surface area (Å²) in [6, 6.07) is 7.48. The molecule has 0 saturated heterocycles. The molecule has 0 aliphatic rings. The molecule has 1 aromatic rings. The van der Waals surface area contributed by atoms with E-state index >= 15 is 0 Å². The zero-order chi connectivity index (χ0) is 17.2. The van der Waals surface area contributed by atoms with Crippen molar-refractivity contribution in [3.05, 3.63) is 30.3 Å². The molecule has 0 heterocycles. The van der Waals surface area contributed by atoms with Gasteiger partial charge in [0.15, 0.2) is 0 Å². The van der Waals surface area contributed by atoms with Crippen LogP contribution < -0.4 is 16.4 Å². The van der Waals surface area contributed by atoms with Gasteiger partial charge in [0.05, 0.1) is 17.9 Å². The van der Waals surface area contributed by atoms with Crippen molar-refractivity contribution in [3.8, 4) is 0 Å². The van der Waals surface area contributed by atoms with Crippen LogP contribution in [0, 0.1) is 0 Å². The smallest absolute Gasteiger partial charge is 0.326 e. The lowest BCUT2D eigenvalue weighted by molar-refractivity contribution is -0.143. The number of carboxylic acids is 1. The van der Waals surface area contributed by atoms with Crippen molar-refractivity contribution < 1.29 is 24.3 Å². The Morgan fingerprint density at radius 1 is 1.09 bits per heavy atom. The molecule has 0 saturated carbocycles. The normalized spacial score (nSPS) is 11.3. The van der Waals surface area contributed by atoms with E-state index in [1.807, 2.05) is 6.07 Å². The van der Waals surface area contributed by atoms with Gasteiger partial charge >= 0.3 is 5.97 Å². The monoisotopic (exact) mass is 339 g/mol. The zero-order valence-corrected chi connectivity index (χ0v) is 13.0. The second-order valence-corrected chi connectivity index (χ2v) is 5.52. The Kier molecular flexibility index (Phi) is 7.61. The third kappa shape index (κ3) is 7.86. The first-order valence-electron chi connectivity index (χ1n) is 6.61. The first-order chi connectivity index (χ1) is 10.9. The average molecular weight is 339 g/mol. The number of aliphatic carboxylic acids is 1. The van der Waals surface area contributed by atoms with E-state index in [1.54, 1.807) is 24.3 Å². The van der Waals surface area contributed by atoms with E-state index in [0.717, 1.165) is 11.8 Å². The number of rotatable bonds is 9. The average Bonchev–Trinajstić information content (AvgIpc) is 2.47. The Morgan fingerprint density at radius 3 is 2.26 bits per heavy atom. The van der Waals surface area contributed by atoms with E-state index in [2.05, 4.69) is 10.6 Å². The number of carbonyl (C=O) groups excluding carboxylic acids is 3. The van der Waals surface area contributed by atoms with Crippen LogP contribution in [-0.4, -0.2) is 46.3 Å². The standard InChI is InChI=1S/C14H17N3O5S/c15-11(18)6-10(14(21)22)17-13(20)8-23-7-12(19)16-9-4-2-1-3-5-9/h1-5,10H,6-8H2,(H2,15,18)(H,16,19)(H,17,20)(H,21,22). The molecule has 1 unspecified atom stereocenters. The summed E-state index contributed by atoms with van der Waals surface area (Å²) in [7, 11) is 0. The molecule has 0 aliphatic heterocycles. The molecule has 3 amide bonds. The fraction of sp³-hybridized carbons (Fsp3) is 0.286. The van der Waals surface area contributed by atoms with Crippen LogP contribution in [0.2, 0.25) is 0 Å². The topological polar surface area (TPSA) is 139 Å². The largest absolute Gasteiger partial charge is 0.480 e. The number of carbonyl (C=O) groups is 4. The number of primary amides is 1. The maximum absolute atomic E-state index is 11.7. The number of nitrogens with one attached hydrogen (secondary N) is 2. The Hall–Kier alpha value is -2.55. The molecular weight excluding hydrogens is 322 g/mol. The molecule has 1 rings (SSSR count). The van der Waals surface area contributed by atoms with Gasteiger partial charge in [0.1, 0.15) is 6.04 Å². The van der Waals surface area contributed by atoms with E-state index in [4.69, 9.17) is 10.8 Å². The summed E-state index contributed by atoms with van der Waals surface area (Å²) in [6.07, 6.45) is -0.486. The van der Waals surface area contributed by atoms with Gasteiger partial charge in [-0.2, -0.15) is 0 Å². The van der Waals surface area contributed by atoms with Crippen molar-refractivity contribution in [2.24, 2.45) is 5.73 Å². The molecule has 124 valence electrons. The van der Waals surface area contributed by atoms with E-state index in [1.165, 1.54) is 0 Å². The van der Waals surface area contributed by atoms with Gasteiger partial charge in [0.2, 0.25) is 17.7 Å². The number of anilines is 1. The summed E-state index contributed by atoms with van der Waals surface area (Å²) in [5.74, 6) is -3.10. The first kappa shape index (κ1) is 18.5. The lowest BCUT2D eigenvalue weighted by Gasteiger charge is -2.12. The van der Waals surface area contributed by atoms with Gasteiger partial charge in [-0.3, -0.25) is 14.4 Å². The van der Waals surface area contributed by atoms with E-state index < -0.39 is 30.2 Å². The van der Waals surface area contributed by atoms with Crippen LogP contribution in [0.1, 0.15) is 6.42 Å². The van der Waals surface area contributed by atoms with Crippen LogP contribution in [0.25, 0.3) is 0 Å². The van der Waals surface area contributed by atoms with Gasteiger partial charge in [0.25, 0.3) is 0 Å². The molecule has 0 aromatic heterocycles. The first-order valence-corrected chi connectivity index (χ1v) is 7.77. The molecule has 8 nitrogen and oxygen atoms in total. The third-order valence-corrected chi connectivity index (χ3v) is 3.50. The number of carboxylic acid groups (broad SMARTS) is 1. The highest BCUT2D eigenvalue weighted by molar-refractivity contribution is 8.00. The number of hydrogen-bond donors (Lipinski definition) is 4. The number of nitrogens with two attached hydrogens (primary N) is 1. The Bertz CT molecular complexity index is 579. The van der Waals surface area contributed by atoms with Crippen LogP contribution in [-0.2, 0) is 19.2 Å². The number of amides is 3. The second kappa shape index (κ2) is 9.46. The predicted octanol–water partition coefficient (Wildman–Crippen LogP) is -0.197. The maximum atomic E-state index is 11.7. The van der Waals surface area contributed by atoms with Gasteiger partial charge in [-0.1, -0.05) is 18.2 Å². The number of hydrogen-bond acceptors (Lipinski definition) is 5. The third-order valence-electron chi connectivity index (χ3n) is 2.56. The minimum atomic E-state index is -1.36. The van der Waals surface area contributed by atoms with Gasteiger partial charge < -0.3 is 21.5 Å². The highest BCUT2D eigenvalue weighted by Gasteiger charge is 2.22. The Balaban J connectivity index is 2.31. The van der Waals surface area contributed by atoms with Gasteiger partial charge in [-0.05, 0) is 12.1 Å². The van der Waals surface area contributed by atoms with Crippen molar-refractivity contribution in [3.63, 3.8) is 0 Å². The van der Waals surface area contributed by atoms with Crippen LogP contribution >= 0.6 is 11.8 Å². The summed E-state index contributed by atoms with van der Waals surface area (Å²) in [5, 5.41) is 13.7. The number of para-hydroxylation sites is 1. The molecule has 1 aromatic carbocycles. The molecule has 0 bridgehead atoms. The molecule has 9 heteroatoms. The number of thioether (sulfide) groups is 1. The summed E-state index contributed by atoms with van der Waals surface area (Å²) < 4.78 is 0. The lowest BCUT2D eigenvalue weighted by Crippen LogP contribution is -2.44. The Morgan fingerprint density at radius 2 is 1.70 bits per heavy atom. The molecule has 1 atom stereocenters. The van der Waals surface area contributed by atoms with Gasteiger partial charge in [0, 0.05) is 5.69 Å². The van der Waals surface area contributed by atoms with Gasteiger partial charge in [-0.15, -0.1) is 11.8 Å². The van der Waals surface area contributed by atoms with E-state index in [9.17, 15) is 19.2 Å². The minimum Gasteiger partial charge on any atom is -0.480 e. The maximum Gasteiger partial charge on any atom is 0.326 e. The second-order valence-electron chi connectivity index (χ2n) is 4.54. The van der Waals surface area contributed by atoms with Gasteiger partial charge in [-0.25, -0.2) is 4.79 Å². The van der Waals surface area contributed by atoms with Crippen LogP contribution in [0.15, 0.2) is 30.3 Å². The summed E-state index contributed by atoms with van der Waals surface area (Å²) in [6.45, 7) is 0. The molecule has 5 N–H and O–H groups in total. The molecule has 0 spiro atoms. The zero-order valence-electron chi connectivity index (χ0n) is 12.2. The minimum absolute atomic E-state index is 0.0376. The van der Waals surface area contributed by atoms with Crippen molar-refractivity contribution in [2.75, 3.05) is 16.8 Å². The van der Waals surface area contributed by atoms with Crippen LogP contribution in [0.5, 0.6) is 0 Å². The predicted molar refractivity (Wildman–Crippen MR) is 85.8 cm³/mol. The van der Waals surface area contributed by atoms with Crippen LogP contribution in [0.4, 0.5) is 5.69 Å². The fourth-order valence-electron chi connectivity index (χ4n) is 1.59. The molecule has 0 radical (unpaired) electrons. The van der Waals surface area contributed by atoms with Crippen molar-refractivity contribution in [1.82, 2.24) is 5.32 Å². The summed E-state index contributed by atoms with van der Waals surface area (Å²) in [4.78, 5) is 44.8. The molecule has 0 aliphatic carbocycles. The Labute approximate surface area is 136 Å². The summed E-state index contributed by atoms with van der Waals surface area (Å²) in [5.41, 5.74) is 5.56. The SMILES string of the molecule is NC(=O)CC(NC(=O)CSCC(=O)Nc1ccccc1)C(=O)O. The number of benzene rings is 1. The van der Waals surface area contributed by atoms with Crippen molar-refractivity contribution in [2.45, 2.75) is 12.5 Å². The lowest BCUT2D eigenvalue weighted by atomic mass is 10.2. The van der Waals surface area contributed by atoms with Crippen molar-refractivity contribution >= 4 is 41.1 Å². The van der Waals surface area contributed by atoms with E-state index in [0.29, 0.717) is 5.69 Å². The molecule has 0 fully saturated rings. The molecular formula is C14H17N3O5S. The van der Waals surface area contributed by atoms with Crippen LogP contribution in [0.3, 0.4) is 0 Å². The highest BCUT2D eigenvalue weighted by atomic mass is 32.2. The van der Waals surface area contributed by atoms with Crippen molar-refractivity contribution in [1.29, 1.82) is 0 Å². The fourth-order valence-corrected chi connectivity index (χ4v) is 2.22. The van der Waals surface area contributed by atoms with E-state index in [-0.39, 0.29) is 17.4 Å². The summed E-state index contributed by atoms with van der Waals surface area (Å²) >= 11 is 1.03.